The van der Waals surface area contributed by atoms with Crippen molar-refractivity contribution in [2.75, 3.05) is 26.4 Å². The summed E-state index contributed by atoms with van der Waals surface area (Å²) in [5.74, 6) is -0.260. The SMILES string of the molecule is NC(=S)c1ccc(C(=O)NCC2COCCO2)nc1. The van der Waals surface area contributed by atoms with Gasteiger partial charge in [0.2, 0.25) is 0 Å². The molecule has 1 aromatic heterocycles. The van der Waals surface area contributed by atoms with Crippen molar-refractivity contribution >= 4 is 23.1 Å². The molecule has 1 amide bonds. The maximum Gasteiger partial charge on any atom is 0.269 e. The number of hydrogen-bond donors (Lipinski definition) is 2. The van der Waals surface area contributed by atoms with Gasteiger partial charge in [0.15, 0.2) is 0 Å². The maximum atomic E-state index is 11.8. The summed E-state index contributed by atoms with van der Waals surface area (Å²) < 4.78 is 10.7. The minimum atomic E-state index is -0.260. The van der Waals surface area contributed by atoms with Crippen molar-refractivity contribution in [3.05, 3.63) is 29.6 Å². The summed E-state index contributed by atoms with van der Waals surface area (Å²) >= 11 is 4.81. The highest BCUT2D eigenvalue weighted by Gasteiger charge is 2.16. The Morgan fingerprint density at radius 2 is 2.37 bits per heavy atom. The van der Waals surface area contributed by atoms with Crippen LogP contribution in [-0.2, 0) is 9.47 Å². The molecular weight excluding hydrogens is 266 g/mol. The van der Waals surface area contributed by atoms with Gasteiger partial charge in [0, 0.05) is 18.3 Å². The third kappa shape index (κ3) is 3.95. The number of carbonyl (C=O) groups excluding carboxylic acids is 1. The molecule has 1 aromatic rings. The van der Waals surface area contributed by atoms with Gasteiger partial charge in [-0.3, -0.25) is 9.78 Å². The fourth-order valence-corrected chi connectivity index (χ4v) is 1.75. The zero-order chi connectivity index (χ0) is 13.7. The molecule has 1 fully saturated rings. The van der Waals surface area contributed by atoms with Gasteiger partial charge >= 0.3 is 0 Å². The standard InChI is InChI=1S/C12H15N3O3S/c13-11(19)8-1-2-10(14-5-8)12(16)15-6-9-7-17-3-4-18-9/h1-2,5,9H,3-4,6-7H2,(H2,13,19)(H,15,16). The average molecular weight is 281 g/mol. The number of thiocarbonyl (C=S) groups is 1. The second-order valence-corrected chi connectivity index (χ2v) is 4.51. The van der Waals surface area contributed by atoms with E-state index in [4.69, 9.17) is 27.4 Å². The molecule has 19 heavy (non-hydrogen) atoms. The summed E-state index contributed by atoms with van der Waals surface area (Å²) in [6, 6.07) is 3.26. The molecule has 0 aliphatic carbocycles. The Bertz CT molecular complexity index is 458. The maximum absolute atomic E-state index is 11.8. The van der Waals surface area contributed by atoms with Crippen molar-refractivity contribution in [3.8, 4) is 0 Å². The molecule has 102 valence electrons. The van der Waals surface area contributed by atoms with Gasteiger partial charge in [-0.1, -0.05) is 12.2 Å². The quantitative estimate of drug-likeness (QED) is 0.747. The number of aromatic nitrogens is 1. The van der Waals surface area contributed by atoms with Gasteiger partial charge in [-0.15, -0.1) is 0 Å². The van der Waals surface area contributed by atoms with Crippen LogP contribution in [0.4, 0.5) is 0 Å². The number of amides is 1. The summed E-state index contributed by atoms with van der Waals surface area (Å²) in [5, 5.41) is 2.75. The van der Waals surface area contributed by atoms with E-state index in [0.29, 0.717) is 37.6 Å². The van der Waals surface area contributed by atoms with Crippen LogP contribution in [0.1, 0.15) is 16.1 Å². The largest absolute Gasteiger partial charge is 0.389 e. The van der Waals surface area contributed by atoms with Crippen molar-refractivity contribution in [2.24, 2.45) is 5.73 Å². The van der Waals surface area contributed by atoms with Crippen LogP contribution in [-0.4, -0.2) is 48.3 Å². The number of nitrogens with two attached hydrogens (primary N) is 1. The van der Waals surface area contributed by atoms with Crippen LogP contribution in [0.2, 0.25) is 0 Å². The first-order valence-electron chi connectivity index (χ1n) is 5.90. The molecule has 0 bridgehead atoms. The Morgan fingerprint density at radius 3 is 2.95 bits per heavy atom. The molecule has 0 spiro atoms. The van der Waals surface area contributed by atoms with E-state index in [-0.39, 0.29) is 17.0 Å². The van der Waals surface area contributed by atoms with Crippen molar-refractivity contribution in [2.45, 2.75) is 6.10 Å². The van der Waals surface area contributed by atoms with Gasteiger partial charge in [0.25, 0.3) is 5.91 Å². The van der Waals surface area contributed by atoms with Crippen LogP contribution in [0.25, 0.3) is 0 Å². The molecule has 2 rings (SSSR count). The molecule has 2 heterocycles. The Labute approximate surface area is 116 Å². The predicted molar refractivity (Wildman–Crippen MR) is 73.0 cm³/mol. The van der Waals surface area contributed by atoms with Gasteiger partial charge in [-0.05, 0) is 12.1 Å². The van der Waals surface area contributed by atoms with E-state index in [1.54, 1.807) is 12.1 Å². The number of nitrogens with one attached hydrogen (secondary N) is 1. The fraction of sp³-hybridized carbons (Fsp3) is 0.417. The van der Waals surface area contributed by atoms with E-state index in [9.17, 15) is 4.79 Å². The number of carbonyl (C=O) groups is 1. The van der Waals surface area contributed by atoms with Gasteiger partial charge in [-0.2, -0.15) is 0 Å². The highest BCUT2D eigenvalue weighted by atomic mass is 32.1. The van der Waals surface area contributed by atoms with E-state index in [2.05, 4.69) is 10.3 Å². The van der Waals surface area contributed by atoms with Crippen LogP contribution >= 0.6 is 12.2 Å². The average Bonchev–Trinajstić information content (AvgIpc) is 2.46. The van der Waals surface area contributed by atoms with Crippen LogP contribution in [0.5, 0.6) is 0 Å². The molecule has 0 radical (unpaired) electrons. The first-order valence-corrected chi connectivity index (χ1v) is 6.31. The van der Waals surface area contributed by atoms with Crippen LogP contribution < -0.4 is 11.1 Å². The van der Waals surface area contributed by atoms with E-state index < -0.39 is 0 Å². The molecule has 1 aliphatic rings. The minimum Gasteiger partial charge on any atom is -0.389 e. The van der Waals surface area contributed by atoms with E-state index in [1.165, 1.54) is 6.20 Å². The minimum absolute atomic E-state index is 0.103. The van der Waals surface area contributed by atoms with Crippen LogP contribution in [0.15, 0.2) is 18.3 Å². The lowest BCUT2D eigenvalue weighted by Crippen LogP contribution is -2.39. The molecule has 6 nitrogen and oxygen atoms in total. The van der Waals surface area contributed by atoms with Crippen molar-refractivity contribution in [1.29, 1.82) is 0 Å². The Hall–Kier alpha value is -1.57. The molecule has 0 aromatic carbocycles. The lowest BCUT2D eigenvalue weighted by Gasteiger charge is -2.22. The first-order chi connectivity index (χ1) is 9.16. The Kier molecular flexibility index (Phi) is 4.78. The fourth-order valence-electron chi connectivity index (χ4n) is 1.63. The van der Waals surface area contributed by atoms with Crippen LogP contribution in [0, 0.1) is 0 Å². The number of pyridine rings is 1. The zero-order valence-electron chi connectivity index (χ0n) is 10.3. The predicted octanol–water partition coefficient (Wildman–Crippen LogP) is -0.139. The summed E-state index contributed by atoms with van der Waals surface area (Å²) in [6.45, 7) is 2.06. The lowest BCUT2D eigenvalue weighted by molar-refractivity contribution is -0.0855. The molecular formula is C12H15N3O3S. The van der Waals surface area contributed by atoms with Crippen LogP contribution in [0.3, 0.4) is 0 Å². The Morgan fingerprint density at radius 1 is 1.53 bits per heavy atom. The Balaban J connectivity index is 1.86. The molecule has 1 aliphatic heterocycles. The topological polar surface area (TPSA) is 86.5 Å². The first kappa shape index (κ1) is 13.9. The molecule has 7 heteroatoms. The van der Waals surface area contributed by atoms with E-state index in [0.717, 1.165) is 0 Å². The third-order valence-corrected chi connectivity index (χ3v) is 2.89. The summed E-state index contributed by atoms with van der Waals surface area (Å²) in [6.07, 6.45) is 1.38. The van der Waals surface area contributed by atoms with Crippen molar-refractivity contribution in [1.82, 2.24) is 10.3 Å². The van der Waals surface area contributed by atoms with E-state index in [1.807, 2.05) is 0 Å². The highest BCUT2D eigenvalue weighted by molar-refractivity contribution is 7.80. The monoisotopic (exact) mass is 281 g/mol. The molecule has 1 unspecified atom stereocenters. The second kappa shape index (κ2) is 6.55. The number of hydrogen-bond acceptors (Lipinski definition) is 5. The van der Waals surface area contributed by atoms with Gasteiger partial charge in [0.05, 0.1) is 25.9 Å². The van der Waals surface area contributed by atoms with Gasteiger partial charge in [-0.25, -0.2) is 0 Å². The number of rotatable bonds is 4. The second-order valence-electron chi connectivity index (χ2n) is 4.07. The summed E-state index contributed by atoms with van der Waals surface area (Å²) in [4.78, 5) is 16.1. The van der Waals surface area contributed by atoms with Crippen molar-refractivity contribution in [3.63, 3.8) is 0 Å². The molecule has 1 saturated heterocycles. The lowest BCUT2D eigenvalue weighted by atomic mass is 10.2. The smallest absolute Gasteiger partial charge is 0.269 e. The van der Waals surface area contributed by atoms with Crippen molar-refractivity contribution < 1.29 is 14.3 Å². The highest BCUT2D eigenvalue weighted by Crippen LogP contribution is 2.02. The molecule has 3 N–H and O–H groups in total. The van der Waals surface area contributed by atoms with Gasteiger partial charge < -0.3 is 20.5 Å². The zero-order valence-corrected chi connectivity index (χ0v) is 11.1. The molecule has 1 atom stereocenters. The summed E-state index contributed by atoms with van der Waals surface area (Å²) in [7, 11) is 0. The number of ether oxygens (including phenoxy) is 2. The normalized spacial score (nSPS) is 18.8. The van der Waals surface area contributed by atoms with Gasteiger partial charge in [0.1, 0.15) is 10.7 Å². The summed E-state index contributed by atoms with van der Waals surface area (Å²) in [5.41, 5.74) is 6.41. The molecule has 0 saturated carbocycles. The van der Waals surface area contributed by atoms with E-state index >= 15 is 0 Å². The third-order valence-electron chi connectivity index (χ3n) is 2.66. The number of nitrogens with zero attached hydrogens (tertiary/aromatic N) is 1.